The number of H-pyrrole nitrogens is 1. The second kappa shape index (κ2) is 6.76. The Labute approximate surface area is 139 Å². The Morgan fingerprint density at radius 1 is 1.21 bits per heavy atom. The number of aromatic nitrogens is 2. The molecule has 0 spiro atoms. The number of aromatic amines is 1. The molecule has 3 rings (SSSR count). The van der Waals surface area contributed by atoms with Gasteiger partial charge in [0.15, 0.2) is 5.82 Å². The van der Waals surface area contributed by atoms with Gasteiger partial charge in [0.2, 0.25) is 0 Å². The summed E-state index contributed by atoms with van der Waals surface area (Å²) in [6.07, 6.45) is 4.56. The van der Waals surface area contributed by atoms with Crippen molar-refractivity contribution in [1.29, 1.82) is 0 Å². The fourth-order valence-electron chi connectivity index (χ4n) is 3.53. The van der Waals surface area contributed by atoms with Crippen LogP contribution in [0.15, 0.2) is 12.4 Å². The standard InChI is InChI=1S/C16H24F2N4O2/c17-16(18)4-9-21(10-5-16)12-15(24)2-1-8-22(11-3-15)14(23)13-19-6-7-20-13/h6-7,24H,1-5,8-12H2,(H,19,20). The third-order valence-corrected chi connectivity index (χ3v) is 5.01. The van der Waals surface area contributed by atoms with Crippen LogP contribution < -0.4 is 0 Å². The van der Waals surface area contributed by atoms with Crippen molar-refractivity contribution < 1.29 is 18.7 Å². The van der Waals surface area contributed by atoms with Gasteiger partial charge in [-0.25, -0.2) is 13.8 Å². The van der Waals surface area contributed by atoms with E-state index in [0.29, 0.717) is 57.8 Å². The lowest BCUT2D eigenvalue weighted by Crippen LogP contribution is -2.48. The molecule has 6 nitrogen and oxygen atoms in total. The van der Waals surface area contributed by atoms with E-state index in [9.17, 15) is 18.7 Å². The maximum Gasteiger partial charge on any atom is 0.289 e. The van der Waals surface area contributed by atoms with Crippen LogP contribution in [0, 0.1) is 0 Å². The van der Waals surface area contributed by atoms with E-state index in [1.54, 1.807) is 11.1 Å². The van der Waals surface area contributed by atoms with Crippen molar-refractivity contribution in [3.8, 4) is 0 Å². The molecule has 3 heterocycles. The van der Waals surface area contributed by atoms with Crippen molar-refractivity contribution in [3.63, 3.8) is 0 Å². The number of alkyl halides is 2. The molecule has 2 aliphatic rings. The van der Waals surface area contributed by atoms with E-state index in [4.69, 9.17) is 0 Å². The fraction of sp³-hybridized carbons (Fsp3) is 0.750. The number of carbonyl (C=O) groups is 1. The molecule has 24 heavy (non-hydrogen) atoms. The van der Waals surface area contributed by atoms with Gasteiger partial charge in [0.25, 0.3) is 11.8 Å². The second-order valence-electron chi connectivity index (χ2n) is 6.94. The Morgan fingerprint density at radius 3 is 2.62 bits per heavy atom. The normalized spacial score (nSPS) is 28.5. The average Bonchev–Trinajstić information content (AvgIpc) is 3.00. The number of likely N-dealkylation sites (tertiary alicyclic amines) is 2. The zero-order valence-electron chi connectivity index (χ0n) is 13.7. The lowest BCUT2D eigenvalue weighted by molar-refractivity contribution is -0.0768. The zero-order chi connectivity index (χ0) is 17.2. The molecule has 2 fully saturated rings. The first-order valence-corrected chi connectivity index (χ1v) is 8.48. The lowest BCUT2D eigenvalue weighted by Gasteiger charge is -2.37. The smallest absolute Gasteiger partial charge is 0.289 e. The van der Waals surface area contributed by atoms with Crippen molar-refractivity contribution >= 4 is 5.91 Å². The lowest BCUT2D eigenvalue weighted by atomic mass is 9.93. The Morgan fingerprint density at radius 2 is 1.96 bits per heavy atom. The molecule has 0 saturated carbocycles. The van der Waals surface area contributed by atoms with Gasteiger partial charge in [-0.15, -0.1) is 0 Å². The Hall–Kier alpha value is -1.54. The minimum atomic E-state index is -2.57. The fourth-order valence-corrected chi connectivity index (χ4v) is 3.53. The van der Waals surface area contributed by atoms with Gasteiger partial charge in [0.1, 0.15) is 0 Å². The van der Waals surface area contributed by atoms with Crippen LogP contribution in [0.2, 0.25) is 0 Å². The molecule has 2 N–H and O–H groups in total. The maximum atomic E-state index is 13.2. The molecule has 1 aromatic rings. The predicted molar refractivity (Wildman–Crippen MR) is 83.9 cm³/mol. The average molecular weight is 342 g/mol. The summed E-state index contributed by atoms with van der Waals surface area (Å²) in [6.45, 7) is 2.03. The summed E-state index contributed by atoms with van der Waals surface area (Å²) >= 11 is 0. The van der Waals surface area contributed by atoms with Crippen LogP contribution >= 0.6 is 0 Å². The Bertz CT molecular complexity index is 556. The van der Waals surface area contributed by atoms with Gasteiger partial charge in [-0.05, 0) is 19.3 Å². The summed E-state index contributed by atoms with van der Waals surface area (Å²) in [5, 5.41) is 10.9. The SMILES string of the molecule is O=C(c1ncc[nH]1)N1CCCC(O)(CN2CCC(F)(F)CC2)CC1. The number of halogens is 2. The van der Waals surface area contributed by atoms with E-state index >= 15 is 0 Å². The summed E-state index contributed by atoms with van der Waals surface area (Å²) in [5.74, 6) is -2.44. The van der Waals surface area contributed by atoms with E-state index in [-0.39, 0.29) is 18.7 Å². The van der Waals surface area contributed by atoms with E-state index < -0.39 is 11.5 Å². The molecule has 1 amide bonds. The van der Waals surface area contributed by atoms with Crippen molar-refractivity contribution in [2.75, 3.05) is 32.7 Å². The van der Waals surface area contributed by atoms with Crippen LogP contribution in [0.3, 0.4) is 0 Å². The molecule has 1 unspecified atom stereocenters. The highest BCUT2D eigenvalue weighted by Crippen LogP contribution is 2.30. The summed E-state index contributed by atoms with van der Waals surface area (Å²) in [4.78, 5) is 22.7. The van der Waals surface area contributed by atoms with Crippen LogP contribution in [0.4, 0.5) is 8.78 Å². The number of hydrogen-bond acceptors (Lipinski definition) is 4. The largest absolute Gasteiger partial charge is 0.388 e. The number of carbonyl (C=O) groups excluding carboxylic acids is 1. The third kappa shape index (κ3) is 4.10. The van der Waals surface area contributed by atoms with E-state index in [1.165, 1.54) is 6.20 Å². The van der Waals surface area contributed by atoms with Crippen molar-refractivity contribution in [1.82, 2.24) is 19.8 Å². The van der Waals surface area contributed by atoms with Crippen LogP contribution in [0.1, 0.15) is 42.7 Å². The number of nitrogens with one attached hydrogen (secondary N) is 1. The first-order valence-electron chi connectivity index (χ1n) is 8.48. The molecule has 0 radical (unpaired) electrons. The zero-order valence-corrected chi connectivity index (χ0v) is 13.7. The van der Waals surface area contributed by atoms with Gasteiger partial charge >= 0.3 is 0 Å². The number of imidazole rings is 1. The first kappa shape index (κ1) is 17.3. The topological polar surface area (TPSA) is 72.5 Å². The molecule has 0 bridgehead atoms. The molecule has 8 heteroatoms. The van der Waals surface area contributed by atoms with Crippen LogP contribution in [0.5, 0.6) is 0 Å². The number of amides is 1. The van der Waals surface area contributed by atoms with Gasteiger partial charge in [0.05, 0.1) is 5.60 Å². The number of rotatable bonds is 3. The quantitative estimate of drug-likeness (QED) is 0.873. The first-order chi connectivity index (χ1) is 11.4. The van der Waals surface area contributed by atoms with Crippen molar-refractivity contribution in [2.24, 2.45) is 0 Å². The van der Waals surface area contributed by atoms with Gasteiger partial charge in [-0.2, -0.15) is 0 Å². The molecule has 134 valence electrons. The Kier molecular flexibility index (Phi) is 4.87. The van der Waals surface area contributed by atoms with Crippen LogP contribution in [-0.2, 0) is 0 Å². The summed E-state index contributed by atoms with van der Waals surface area (Å²) in [5.41, 5.74) is -0.926. The molecule has 0 aliphatic carbocycles. The van der Waals surface area contributed by atoms with Crippen molar-refractivity contribution in [3.05, 3.63) is 18.2 Å². The second-order valence-corrected chi connectivity index (χ2v) is 6.94. The minimum absolute atomic E-state index is 0.147. The highest BCUT2D eigenvalue weighted by Gasteiger charge is 2.38. The predicted octanol–water partition coefficient (Wildman–Crippen LogP) is 1.50. The van der Waals surface area contributed by atoms with E-state index in [2.05, 4.69) is 9.97 Å². The van der Waals surface area contributed by atoms with E-state index in [0.717, 1.165) is 0 Å². The molecule has 0 aromatic carbocycles. The number of nitrogens with zero attached hydrogens (tertiary/aromatic N) is 3. The maximum absolute atomic E-state index is 13.2. The van der Waals surface area contributed by atoms with Crippen LogP contribution in [-0.4, -0.2) is 75.0 Å². The molecular formula is C16H24F2N4O2. The third-order valence-electron chi connectivity index (χ3n) is 5.01. The monoisotopic (exact) mass is 342 g/mol. The summed E-state index contributed by atoms with van der Waals surface area (Å²) in [6, 6.07) is 0. The summed E-state index contributed by atoms with van der Waals surface area (Å²) in [7, 11) is 0. The molecular weight excluding hydrogens is 318 g/mol. The van der Waals surface area contributed by atoms with Crippen LogP contribution in [0.25, 0.3) is 0 Å². The molecule has 1 atom stereocenters. The molecule has 1 aromatic heterocycles. The van der Waals surface area contributed by atoms with E-state index in [1.807, 2.05) is 4.90 Å². The number of β-amino-alcohol motifs (C(OH)–C–C–N with tert-alkyl or cyclic N) is 1. The highest BCUT2D eigenvalue weighted by atomic mass is 19.3. The van der Waals surface area contributed by atoms with Gasteiger partial charge in [-0.3, -0.25) is 4.79 Å². The highest BCUT2D eigenvalue weighted by molar-refractivity contribution is 5.90. The number of piperidine rings is 1. The van der Waals surface area contributed by atoms with Crippen molar-refractivity contribution in [2.45, 2.75) is 43.6 Å². The summed E-state index contributed by atoms with van der Waals surface area (Å²) < 4.78 is 26.5. The number of aliphatic hydroxyl groups is 1. The Balaban J connectivity index is 1.55. The molecule has 2 aliphatic heterocycles. The van der Waals surface area contributed by atoms with Gasteiger partial charge < -0.3 is 19.9 Å². The van der Waals surface area contributed by atoms with Gasteiger partial charge in [-0.1, -0.05) is 0 Å². The number of hydrogen-bond donors (Lipinski definition) is 2. The van der Waals surface area contributed by atoms with Gasteiger partial charge in [0, 0.05) is 58.0 Å². The molecule has 2 saturated heterocycles. The minimum Gasteiger partial charge on any atom is -0.388 e.